The molecule has 1 aromatic heterocycles. The number of nitrogens with zero attached hydrogens (tertiary/aromatic N) is 2. The van der Waals surface area contributed by atoms with Crippen molar-refractivity contribution in [3.63, 3.8) is 0 Å². The van der Waals surface area contributed by atoms with Crippen molar-refractivity contribution in [2.24, 2.45) is 7.05 Å². The van der Waals surface area contributed by atoms with Gasteiger partial charge in [-0.2, -0.15) is 0 Å². The molecule has 0 unspecified atom stereocenters. The van der Waals surface area contributed by atoms with Crippen LogP contribution in [-0.2, 0) is 11.8 Å². The van der Waals surface area contributed by atoms with E-state index in [2.05, 4.69) is 4.74 Å². The second-order valence-corrected chi connectivity index (χ2v) is 2.38. The molecule has 6 nitrogen and oxygen atoms in total. The first-order valence-corrected chi connectivity index (χ1v) is 3.46. The second kappa shape index (κ2) is 3.26. The molecule has 13 heavy (non-hydrogen) atoms. The number of rotatable bonds is 2. The molecule has 0 spiro atoms. The van der Waals surface area contributed by atoms with E-state index in [0.29, 0.717) is 0 Å². The summed E-state index contributed by atoms with van der Waals surface area (Å²) < 4.78 is 5.60. The van der Waals surface area contributed by atoms with Crippen molar-refractivity contribution in [1.82, 2.24) is 4.57 Å². The fourth-order valence-electron chi connectivity index (χ4n) is 0.993. The number of nitro groups is 1. The van der Waals surface area contributed by atoms with E-state index in [1.807, 2.05) is 0 Å². The summed E-state index contributed by atoms with van der Waals surface area (Å²) in [7, 11) is 2.66. The van der Waals surface area contributed by atoms with Crippen LogP contribution in [0.15, 0.2) is 12.1 Å². The van der Waals surface area contributed by atoms with Gasteiger partial charge < -0.3 is 14.9 Å². The minimum absolute atomic E-state index is 0.139. The van der Waals surface area contributed by atoms with Gasteiger partial charge in [-0.25, -0.2) is 9.36 Å². The van der Waals surface area contributed by atoms with Gasteiger partial charge in [0.25, 0.3) is 0 Å². The molecular formula is C7H8N2O4. The molecule has 0 saturated heterocycles. The molecule has 1 heterocycles. The first-order chi connectivity index (χ1) is 6.07. The van der Waals surface area contributed by atoms with Gasteiger partial charge in [0.1, 0.15) is 0 Å². The van der Waals surface area contributed by atoms with Gasteiger partial charge in [0.15, 0.2) is 0 Å². The van der Waals surface area contributed by atoms with Crippen LogP contribution in [0.2, 0.25) is 0 Å². The van der Waals surface area contributed by atoms with Gasteiger partial charge in [0, 0.05) is 12.1 Å². The van der Waals surface area contributed by atoms with Gasteiger partial charge >= 0.3 is 11.8 Å². The average molecular weight is 184 g/mol. The van der Waals surface area contributed by atoms with Crippen LogP contribution >= 0.6 is 0 Å². The van der Waals surface area contributed by atoms with E-state index in [1.54, 1.807) is 0 Å². The van der Waals surface area contributed by atoms with Crippen molar-refractivity contribution >= 4 is 11.8 Å². The predicted molar refractivity (Wildman–Crippen MR) is 43.4 cm³/mol. The Bertz CT molecular complexity index is 355. The molecule has 0 bridgehead atoms. The maximum atomic E-state index is 11.0. The summed E-state index contributed by atoms with van der Waals surface area (Å²) >= 11 is 0. The first kappa shape index (κ1) is 9.24. The number of aromatic nitrogens is 1. The van der Waals surface area contributed by atoms with Gasteiger partial charge in [0.05, 0.1) is 14.2 Å². The summed E-state index contributed by atoms with van der Waals surface area (Å²) in [5, 5.41) is 10.4. The highest BCUT2D eigenvalue weighted by Gasteiger charge is 2.20. The van der Waals surface area contributed by atoms with Crippen molar-refractivity contribution < 1.29 is 14.5 Å². The van der Waals surface area contributed by atoms with Crippen molar-refractivity contribution in [2.75, 3.05) is 7.11 Å². The summed E-state index contributed by atoms with van der Waals surface area (Å²) in [6, 6.07) is 2.61. The molecule has 0 aliphatic heterocycles. The molecule has 0 aromatic carbocycles. The standard InChI is InChI=1S/C7H8N2O4/c1-8-5(7(10)13-2)3-4-6(8)9(11)12/h3-4H,1-2H3. The zero-order valence-corrected chi connectivity index (χ0v) is 7.18. The second-order valence-electron chi connectivity index (χ2n) is 2.38. The number of esters is 1. The highest BCUT2D eigenvalue weighted by atomic mass is 16.6. The number of methoxy groups -OCH3 is 1. The lowest BCUT2D eigenvalue weighted by atomic mass is 10.4. The van der Waals surface area contributed by atoms with E-state index in [9.17, 15) is 14.9 Å². The van der Waals surface area contributed by atoms with E-state index < -0.39 is 10.9 Å². The quantitative estimate of drug-likeness (QED) is 0.385. The molecule has 1 rings (SSSR count). The SMILES string of the molecule is COC(=O)c1ccc([N+](=O)[O-])n1C. The number of carbonyl (C=O) groups is 1. The molecule has 0 aliphatic carbocycles. The molecule has 70 valence electrons. The molecule has 6 heteroatoms. The zero-order valence-electron chi connectivity index (χ0n) is 7.18. The monoisotopic (exact) mass is 184 g/mol. The van der Waals surface area contributed by atoms with Crippen LogP contribution in [-0.4, -0.2) is 22.6 Å². The van der Waals surface area contributed by atoms with E-state index in [1.165, 1.54) is 30.9 Å². The summed E-state index contributed by atoms with van der Waals surface area (Å²) in [5.74, 6) is -0.726. The molecule has 0 aliphatic rings. The van der Waals surface area contributed by atoms with Crippen molar-refractivity contribution in [3.05, 3.63) is 27.9 Å². The minimum Gasteiger partial charge on any atom is -0.463 e. The maximum Gasteiger partial charge on any atom is 0.378 e. The highest BCUT2D eigenvalue weighted by molar-refractivity contribution is 5.88. The average Bonchev–Trinajstić information content (AvgIpc) is 2.46. The first-order valence-electron chi connectivity index (χ1n) is 3.46. The third kappa shape index (κ3) is 1.51. The van der Waals surface area contributed by atoms with Crippen LogP contribution in [0.4, 0.5) is 5.82 Å². The molecule has 0 saturated carbocycles. The van der Waals surface area contributed by atoms with E-state index in [4.69, 9.17) is 0 Å². The van der Waals surface area contributed by atoms with Crippen LogP contribution in [0.1, 0.15) is 10.5 Å². The molecular weight excluding hydrogens is 176 g/mol. The molecule has 0 N–H and O–H groups in total. The molecule has 0 fully saturated rings. The van der Waals surface area contributed by atoms with Crippen LogP contribution in [0.5, 0.6) is 0 Å². The van der Waals surface area contributed by atoms with Crippen molar-refractivity contribution in [1.29, 1.82) is 0 Å². The molecule has 1 aromatic rings. The molecule has 0 atom stereocenters. The number of hydrogen-bond acceptors (Lipinski definition) is 4. The van der Waals surface area contributed by atoms with E-state index >= 15 is 0 Å². The van der Waals surface area contributed by atoms with E-state index in [0.717, 1.165) is 0 Å². The highest BCUT2D eigenvalue weighted by Crippen LogP contribution is 2.15. The van der Waals surface area contributed by atoms with Crippen molar-refractivity contribution in [3.8, 4) is 0 Å². The smallest absolute Gasteiger partial charge is 0.378 e. The molecule has 0 amide bonds. The molecule has 0 radical (unpaired) electrons. The minimum atomic E-state index is -0.587. The number of hydrogen-bond donors (Lipinski definition) is 0. The Labute approximate surface area is 73.9 Å². The van der Waals surface area contributed by atoms with Crippen LogP contribution in [0.3, 0.4) is 0 Å². The maximum absolute atomic E-state index is 11.0. The van der Waals surface area contributed by atoms with Gasteiger partial charge in [-0.05, 0) is 4.92 Å². The van der Waals surface area contributed by atoms with Crippen LogP contribution in [0, 0.1) is 10.1 Å². The normalized spacial score (nSPS) is 9.69. The van der Waals surface area contributed by atoms with Crippen LogP contribution in [0.25, 0.3) is 0 Å². The Morgan fingerprint density at radius 2 is 2.23 bits per heavy atom. The summed E-state index contributed by atoms with van der Waals surface area (Å²) in [5.41, 5.74) is 0.161. The Kier molecular flexibility index (Phi) is 2.32. The Hall–Kier alpha value is -1.85. The summed E-state index contributed by atoms with van der Waals surface area (Å²) in [6.45, 7) is 0. The number of carbonyl (C=O) groups excluding carboxylic acids is 1. The lowest BCUT2D eigenvalue weighted by Gasteiger charge is -1.97. The van der Waals surface area contributed by atoms with Crippen molar-refractivity contribution in [2.45, 2.75) is 0 Å². The Morgan fingerprint density at radius 3 is 2.62 bits per heavy atom. The third-order valence-corrected chi connectivity index (χ3v) is 1.68. The Balaban J connectivity index is 3.13. The van der Waals surface area contributed by atoms with Gasteiger partial charge in [0.2, 0.25) is 5.69 Å². The fourth-order valence-corrected chi connectivity index (χ4v) is 0.993. The Morgan fingerprint density at radius 1 is 1.62 bits per heavy atom. The largest absolute Gasteiger partial charge is 0.463 e. The predicted octanol–water partition coefficient (Wildman–Crippen LogP) is 0.720. The summed E-state index contributed by atoms with van der Waals surface area (Å²) in [6.07, 6.45) is 0. The summed E-state index contributed by atoms with van der Waals surface area (Å²) in [4.78, 5) is 20.8. The lowest BCUT2D eigenvalue weighted by Crippen LogP contribution is -2.08. The topological polar surface area (TPSA) is 74.4 Å². The lowest BCUT2D eigenvalue weighted by molar-refractivity contribution is -0.391. The zero-order chi connectivity index (χ0) is 10.0. The fraction of sp³-hybridized carbons (Fsp3) is 0.286. The third-order valence-electron chi connectivity index (χ3n) is 1.68. The number of ether oxygens (including phenoxy) is 1. The van der Waals surface area contributed by atoms with Gasteiger partial charge in [-0.15, -0.1) is 0 Å². The van der Waals surface area contributed by atoms with Gasteiger partial charge in [-0.1, -0.05) is 0 Å². The van der Waals surface area contributed by atoms with Crippen LogP contribution < -0.4 is 0 Å². The van der Waals surface area contributed by atoms with E-state index in [-0.39, 0.29) is 11.5 Å². The van der Waals surface area contributed by atoms with Gasteiger partial charge in [-0.3, -0.25) is 0 Å².